The number of carbonyl (C=O) groups is 1. The maximum Gasteiger partial charge on any atom is 0.255 e. The first-order valence-corrected chi connectivity index (χ1v) is 10.1. The van der Waals surface area contributed by atoms with Crippen LogP contribution in [0.15, 0.2) is 64.5 Å². The maximum atomic E-state index is 12.5. The molecule has 1 heterocycles. The zero-order chi connectivity index (χ0) is 20.8. The number of nitrogens with zero attached hydrogens (tertiary/aromatic N) is 1. The molecule has 150 valence electrons. The number of ether oxygens (including phenoxy) is 1. The maximum absolute atomic E-state index is 12.5. The van der Waals surface area contributed by atoms with Crippen molar-refractivity contribution in [3.05, 3.63) is 81.8 Å². The van der Waals surface area contributed by atoms with Crippen molar-refractivity contribution in [1.29, 1.82) is 0 Å². The molecule has 0 aliphatic rings. The first-order valence-electron chi connectivity index (χ1n) is 9.21. The highest BCUT2D eigenvalue weighted by Gasteiger charge is 2.15. The van der Waals surface area contributed by atoms with Gasteiger partial charge in [-0.15, -0.1) is 0 Å². The van der Waals surface area contributed by atoms with E-state index in [1.165, 1.54) is 11.8 Å². The topological polar surface area (TPSA) is 84.1 Å². The Morgan fingerprint density at radius 2 is 1.86 bits per heavy atom. The third-order valence-electron chi connectivity index (χ3n) is 4.47. The number of H-pyrrole nitrogens is 1. The van der Waals surface area contributed by atoms with Crippen LogP contribution in [0.1, 0.15) is 29.0 Å². The second-order valence-electron chi connectivity index (χ2n) is 6.56. The van der Waals surface area contributed by atoms with Gasteiger partial charge in [0.2, 0.25) is 5.91 Å². The second kappa shape index (κ2) is 9.43. The molecule has 2 N–H and O–H groups in total. The van der Waals surface area contributed by atoms with Crippen molar-refractivity contribution < 1.29 is 9.53 Å². The lowest BCUT2D eigenvalue weighted by Crippen LogP contribution is -2.23. The zero-order valence-corrected chi connectivity index (χ0v) is 17.4. The van der Waals surface area contributed by atoms with E-state index in [-0.39, 0.29) is 23.1 Å². The molecule has 0 fully saturated rings. The van der Waals surface area contributed by atoms with Crippen LogP contribution in [0.25, 0.3) is 0 Å². The van der Waals surface area contributed by atoms with Crippen LogP contribution in [0.4, 0.5) is 5.69 Å². The van der Waals surface area contributed by atoms with Crippen LogP contribution in [0.2, 0.25) is 0 Å². The van der Waals surface area contributed by atoms with E-state index < -0.39 is 0 Å². The Kier molecular flexibility index (Phi) is 6.72. The third kappa shape index (κ3) is 5.48. The lowest BCUT2D eigenvalue weighted by atomic mass is 10.1. The monoisotopic (exact) mass is 409 g/mol. The largest absolute Gasteiger partial charge is 0.497 e. The van der Waals surface area contributed by atoms with E-state index in [4.69, 9.17) is 4.74 Å². The molecule has 0 aliphatic heterocycles. The van der Waals surface area contributed by atoms with Crippen LogP contribution < -0.4 is 15.6 Å². The summed E-state index contributed by atoms with van der Waals surface area (Å²) in [5.41, 5.74) is 2.43. The normalized spacial score (nSPS) is 11.7. The highest BCUT2D eigenvalue weighted by atomic mass is 32.2. The molecule has 1 aromatic heterocycles. The van der Waals surface area contributed by atoms with Crippen molar-refractivity contribution in [1.82, 2.24) is 9.97 Å². The number of thioether (sulfide) groups is 1. The summed E-state index contributed by atoms with van der Waals surface area (Å²) in [6.45, 7) is 3.81. The fourth-order valence-corrected chi connectivity index (χ4v) is 3.82. The smallest absolute Gasteiger partial charge is 0.255 e. The number of methoxy groups -OCH3 is 1. The van der Waals surface area contributed by atoms with Crippen molar-refractivity contribution in [3.8, 4) is 5.75 Å². The number of anilines is 1. The molecule has 29 heavy (non-hydrogen) atoms. The van der Waals surface area contributed by atoms with Crippen LogP contribution >= 0.6 is 11.8 Å². The van der Waals surface area contributed by atoms with Gasteiger partial charge in [-0.05, 0) is 43.7 Å². The van der Waals surface area contributed by atoms with Gasteiger partial charge < -0.3 is 15.0 Å². The lowest BCUT2D eigenvalue weighted by molar-refractivity contribution is -0.115. The lowest BCUT2D eigenvalue weighted by Gasteiger charge is -2.12. The van der Waals surface area contributed by atoms with Crippen molar-refractivity contribution in [2.75, 3.05) is 12.4 Å². The summed E-state index contributed by atoms with van der Waals surface area (Å²) in [6.07, 6.45) is -0.0423. The van der Waals surface area contributed by atoms with E-state index in [0.29, 0.717) is 27.9 Å². The number of hydrogen-bond acceptors (Lipinski definition) is 5. The molecule has 0 bridgehead atoms. The Labute approximate surface area is 173 Å². The summed E-state index contributed by atoms with van der Waals surface area (Å²) < 4.78 is 5.10. The van der Waals surface area contributed by atoms with Gasteiger partial charge >= 0.3 is 0 Å². The molecule has 3 rings (SSSR count). The molecule has 0 spiro atoms. The molecule has 1 unspecified atom stereocenters. The van der Waals surface area contributed by atoms with Gasteiger partial charge in [0.25, 0.3) is 5.56 Å². The zero-order valence-electron chi connectivity index (χ0n) is 16.6. The molecule has 3 aromatic rings. The van der Waals surface area contributed by atoms with Crippen LogP contribution in [0, 0.1) is 6.92 Å². The van der Waals surface area contributed by atoms with Gasteiger partial charge in [-0.3, -0.25) is 9.59 Å². The predicted octanol–water partition coefficient (Wildman–Crippen LogP) is 4.12. The van der Waals surface area contributed by atoms with Crippen molar-refractivity contribution in [2.24, 2.45) is 0 Å². The summed E-state index contributed by atoms with van der Waals surface area (Å²) in [7, 11) is 1.58. The minimum absolute atomic E-state index is 0.0423. The van der Waals surface area contributed by atoms with E-state index in [9.17, 15) is 9.59 Å². The SMILES string of the molecule is COc1ccc(NC(=O)Cc2c(C)nc(SC(C)c3ccccc3)[nH]c2=O)cc1. The minimum atomic E-state index is -0.287. The first-order chi connectivity index (χ1) is 14.0. The van der Waals surface area contributed by atoms with Gasteiger partial charge in [0.15, 0.2) is 5.16 Å². The molecule has 7 heteroatoms. The van der Waals surface area contributed by atoms with E-state index in [1.54, 1.807) is 38.3 Å². The van der Waals surface area contributed by atoms with E-state index in [1.807, 2.05) is 30.3 Å². The number of nitrogens with one attached hydrogen (secondary N) is 2. The molecule has 2 aromatic carbocycles. The number of hydrogen-bond donors (Lipinski definition) is 2. The van der Waals surface area contributed by atoms with E-state index in [2.05, 4.69) is 22.2 Å². The van der Waals surface area contributed by atoms with Gasteiger partial charge in [0.05, 0.1) is 13.5 Å². The molecule has 0 saturated heterocycles. The van der Waals surface area contributed by atoms with Gasteiger partial charge in [-0.1, -0.05) is 42.1 Å². The number of amides is 1. The quantitative estimate of drug-likeness (QED) is 0.453. The Morgan fingerprint density at radius 1 is 1.17 bits per heavy atom. The third-order valence-corrected chi connectivity index (χ3v) is 5.51. The summed E-state index contributed by atoms with van der Waals surface area (Å²) >= 11 is 1.48. The number of aromatic amines is 1. The second-order valence-corrected chi connectivity index (χ2v) is 7.89. The van der Waals surface area contributed by atoms with Crippen LogP contribution in [-0.2, 0) is 11.2 Å². The van der Waals surface area contributed by atoms with Crippen molar-refractivity contribution >= 4 is 23.4 Å². The Balaban J connectivity index is 1.68. The molecule has 1 amide bonds. The molecule has 0 radical (unpaired) electrons. The number of carbonyl (C=O) groups excluding carboxylic acids is 1. The van der Waals surface area contributed by atoms with Gasteiger partial charge in [-0.2, -0.15) is 0 Å². The fraction of sp³-hybridized carbons (Fsp3) is 0.227. The standard InChI is InChI=1S/C22H23N3O3S/c1-14-19(13-20(26)24-17-9-11-18(28-3)12-10-17)21(27)25-22(23-14)29-15(2)16-7-5-4-6-8-16/h4-12,15H,13H2,1-3H3,(H,24,26)(H,23,25,27). The minimum Gasteiger partial charge on any atom is -0.497 e. The van der Waals surface area contributed by atoms with Crippen molar-refractivity contribution in [2.45, 2.75) is 30.7 Å². The molecule has 0 saturated carbocycles. The van der Waals surface area contributed by atoms with E-state index >= 15 is 0 Å². The molecule has 0 aliphatic carbocycles. The Bertz CT molecular complexity index is 1030. The Morgan fingerprint density at radius 3 is 2.48 bits per heavy atom. The average Bonchev–Trinajstić information content (AvgIpc) is 2.72. The summed E-state index contributed by atoms with van der Waals surface area (Å²) in [5.74, 6) is 0.431. The number of aryl methyl sites for hydroxylation is 1. The van der Waals surface area contributed by atoms with Gasteiger partial charge in [-0.25, -0.2) is 4.98 Å². The summed E-state index contributed by atoms with van der Waals surface area (Å²) in [4.78, 5) is 32.2. The van der Waals surface area contributed by atoms with Crippen LogP contribution in [0.5, 0.6) is 5.75 Å². The Hall–Kier alpha value is -3.06. The highest BCUT2D eigenvalue weighted by Crippen LogP contribution is 2.32. The van der Waals surface area contributed by atoms with Crippen LogP contribution in [0.3, 0.4) is 0 Å². The highest BCUT2D eigenvalue weighted by molar-refractivity contribution is 7.99. The summed E-state index contributed by atoms with van der Waals surface area (Å²) in [5, 5.41) is 3.47. The molecule has 1 atom stereocenters. The number of benzene rings is 2. The molecular weight excluding hydrogens is 386 g/mol. The number of aromatic nitrogens is 2. The molecule has 6 nitrogen and oxygen atoms in total. The molecular formula is C22H23N3O3S. The summed E-state index contributed by atoms with van der Waals surface area (Å²) in [6, 6.07) is 17.0. The van der Waals surface area contributed by atoms with Gasteiger partial charge in [0.1, 0.15) is 5.75 Å². The fourth-order valence-electron chi connectivity index (χ4n) is 2.85. The first kappa shape index (κ1) is 20.7. The predicted molar refractivity (Wildman–Crippen MR) is 116 cm³/mol. The van der Waals surface area contributed by atoms with Crippen molar-refractivity contribution in [3.63, 3.8) is 0 Å². The van der Waals surface area contributed by atoms with E-state index in [0.717, 1.165) is 5.56 Å². The number of rotatable bonds is 7. The van der Waals surface area contributed by atoms with Crippen LogP contribution in [-0.4, -0.2) is 23.0 Å². The van der Waals surface area contributed by atoms with Gasteiger partial charge in [0, 0.05) is 22.2 Å². The average molecular weight is 410 g/mol.